The van der Waals surface area contributed by atoms with E-state index in [1.54, 1.807) is 12.3 Å². The van der Waals surface area contributed by atoms with Gasteiger partial charge < -0.3 is 5.11 Å². The van der Waals surface area contributed by atoms with E-state index >= 15 is 0 Å². The van der Waals surface area contributed by atoms with Crippen molar-refractivity contribution in [3.05, 3.63) is 35.5 Å². The number of carboxylic acid groups (broad SMARTS) is 1. The standard InChI is InChI=1S/C15H17N5O2/c1-4-7-19-10(3)13(9(2)17-19)11-5-6-12-16-14(15(21)22)18-20(12)8-11/h5-6,8H,4,7H2,1-3H3,(H,21,22). The van der Waals surface area contributed by atoms with E-state index in [4.69, 9.17) is 5.11 Å². The monoisotopic (exact) mass is 299 g/mol. The van der Waals surface area contributed by atoms with Crippen LogP contribution in [0.1, 0.15) is 35.4 Å². The molecular weight excluding hydrogens is 282 g/mol. The van der Waals surface area contributed by atoms with Crippen LogP contribution in [0.25, 0.3) is 16.8 Å². The van der Waals surface area contributed by atoms with Crippen LogP contribution in [-0.4, -0.2) is 35.5 Å². The molecule has 7 nitrogen and oxygen atoms in total. The average molecular weight is 299 g/mol. The SMILES string of the molecule is CCCn1nc(C)c(-c2ccc3nc(C(=O)O)nn3c2)c1C. The third-order valence-corrected chi connectivity index (χ3v) is 3.63. The number of rotatable bonds is 4. The predicted octanol–water partition coefficient (Wildman–Crippen LogP) is 2.32. The summed E-state index contributed by atoms with van der Waals surface area (Å²) >= 11 is 0. The molecule has 0 aliphatic rings. The number of carbonyl (C=O) groups is 1. The Kier molecular flexibility index (Phi) is 3.40. The molecule has 0 amide bonds. The van der Waals surface area contributed by atoms with Crippen LogP contribution >= 0.6 is 0 Å². The summed E-state index contributed by atoms with van der Waals surface area (Å²) in [7, 11) is 0. The van der Waals surface area contributed by atoms with Crippen LogP contribution in [0.5, 0.6) is 0 Å². The number of fused-ring (bicyclic) bond motifs is 1. The second-order valence-corrected chi connectivity index (χ2v) is 5.23. The number of aromatic carboxylic acids is 1. The molecule has 0 fully saturated rings. The van der Waals surface area contributed by atoms with Crippen molar-refractivity contribution in [1.29, 1.82) is 0 Å². The number of pyridine rings is 1. The van der Waals surface area contributed by atoms with E-state index in [-0.39, 0.29) is 5.82 Å². The molecule has 114 valence electrons. The van der Waals surface area contributed by atoms with Gasteiger partial charge in [0.25, 0.3) is 5.82 Å². The Hall–Kier alpha value is -2.70. The predicted molar refractivity (Wildman–Crippen MR) is 80.9 cm³/mol. The quantitative estimate of drug-likeness (QED) is 0.799. The van der Waals surface area contributed by atoms with Crippen molar-refractivity contribution in [3.8, 4) is 11.1 Å². The van der Waals surface area contributed by atoms with Crippen molar-refractivity contribution in [2.24, 2.45) is 0 Å². The Bertz CT molecular complexity index is 862. The Balaban J connectivity index is 2.12. The van der Waals surface area contributed by atoms with Crippen molar-refractivity contribution < 1.29 is 9.90 Å². The lowest BCUT2D eigenvalue weighted by Gasteiger charge is -2.04. The van der Waals surface area contributed by atoms with E-state index in [1.165, 1.54) is 4.52 Å². The lowest BCUT2D eigenvalue weighted by molar-refractivity contribution is 0.0684. The van der Waals surface area contributed by atoms with E-state index < -0.39 is 5.97 Å². The molecule has 0 unspecified atom stereocenters. The van der Waals surface area contributed by atoms with Crippen LogP contribution in [-0.2, 0) is 6.54 Å². The molecule has 1 N–H and O–H groups in total. The molecule has 0 atom stereocenters. The molecule has 0 radical (unpaired) electrons. The zero-order valence-electron chi connectivity index (χ0n) is 12.7. The second-order valence-electron chi connectivity index (χ2n) is 5.23. The highest BCUT2D eigenvalue weighted by Crippen LogP contribution is 2.27. The van der Waals surface area contributed by atoms with Crippen LogP contribution in [0.4, 0.5) is 0 Å². The van der Waals surface area contributed by atoms with Gasteiger partial charge in [-0.05, 0) is 32.4 Å². The fourth-order valence-electron chi connectivity index (χ4n) is 2.67. The first kappa shape index (κ1) is 14.2. The maximum atomic E-state index is 11.0. The highest BCUT2D eigenvalue weighted by Gasteiger charge is 2.15. The topological polar surface area (TPSA) is 85.3 Å². The summed E-state index contributed by atoms with van der Waals surface area (Å²) in [5.41, 5.74) is 4.56. The molecule has 0 aliphatic heterocycles. The molecule has 0 spiro atoms. The minimum atomic E-state index is -1.13. The number of aryl methyl sites for hydroxylation is 2. The van der Waals surface area contributed by atoms with E-state index in [0.717, 1.165) is 35.5 Å². The summed E-state index contributed by atoms with van der Waals surface area (Å²) in [6, 6.07) is 3.69. The van der Waals surface area contributed by atoms with Gasteiger partial charge in [-0.25, -0.2) is 14.3 Å². The molecule has 0 bridgehead atoms. The Labute approximate surface area is 127 Å². The van der Waals surface area contributed by atoms with Crippen molar-refractivity contribution in [2.45, 2.75) is 33.7 Å². The first-order valence-electron chi connectivity index (χ1n) is 7.15. The van der Waals surface area contributed by atoms with Crippen LogP contribution in [0.3, 0.4) is 0 Å². The Morgan fingerprint density at radius 1 is 1.27 bits per heavy atom. The van der Waals surface area contributed by atoms with Crippen LogP contribution < -0.4 is 0 Å². The van der Waals surface area contributed by atoms with E-state index in [9.17, 15) is 4.79 Å². The number of carboxylic acids is 1. The molecule has 3 aromatic rings. The van der Waals surface area contributed by atoms with E-state index in [1.807, 2.05) is 24.6 Å². The van der Waals surface area contributed by atoms with Crippen LogP contribution in [0.2, 0.25) is 0 Å². The molecule has 7 heteroatoms. The summed E-state index contributed by atoms with van der Waals surface area (Å²) in [6.45, 7) is 7.01. The van der Waals surface area contributed by atoms with Crippen molar-refractivity contribution in [3.63, 3.8) is 0 Å². The largest absolute Gasteiger partial charge is 0.475 e. The first-order chi connectivity index (χ1) is 10.5. The normalized spacial score (nSPS) is 11.2. The average Bonchev–Trinajstić information content (AvgIpc) is 3.01. The third kappa shape index (κ3) is 2.24. The number of hydrogen-bond donors (Lipinski definition) is 1. The molecule has 0 saturated carbocycles. The van der Waals surface area contributed by atoms with Crippen molar-refractivity contribution in [1.82, 2.24) is 24.4 Å². The van der Waals surface area contributed by atoms with Gasteiger partial charge in [0.2, 0.25) is 0 Å². The van der Waals surface area contributed by atoms with Crippen LogP contribution in [0.15, 0.2) is 18.3 Å². The molecular formula is C15H17N5O2. The minimum Gasteiger partial charge on any atom is -0.475 e. The number of hydrogen-bond acceptors (Lipinski definition) is 4. The molecule has 3 rings (SSSR count). The third-order valence-electron chi connectivity index (χ3n) is 3.63. The highest BCUT2D eigenvalue weighted by molar-refractivity contribution is 5.83. The zero-order chi connectivity index (χ0) is 15.9. The first-order valence-corrected chi connectivity index (χ1v) is 7.15. The summed E-state index contributed by atoms with van der Waals surface area (Å²) in [5, 5.41) is 17.5. The smallest absolute Gasteiger partial charge is 0.375 e. The Morgan fingerprint density at radius 3 is 2.73 bits per heavy atom. The molecule has 0 aliphatic carbocycles. The van der Waals surface area contributed by atoms with Crippen molar-refractivity contribution in [2.75, 3.05) is 0 Å². The molecule has 3 aromatic heterocycles. The second kappa shape index (κ2) is 5.25. The van der Waals surface area contributed by atoms with E-state index in [0.29, 0.717) is 5.65 Å². The van der Waals surface area contributed by atoms with Crippen molar-refractivity contribution >= 4 is 11.6 Å². The van der Waals surface area contributed by atoms with Gasteiger partial charge >= 0.3 is 5.97 Å². The maximum Gasteiger partial charge on any atom is 0.375 e. The summed E-state index contributed by atoms with van der Waals surface area (Å²) < 4.78 is 3.49. The summed E-state index contributed by atoms with van der Waals surface area (Å²) in [6.07, 6.45) is 2.81. The molecule has 0 saturated heterocycles. The van der Waals surface area contributed by atoms with Gasteiger partial charge in [-0.1, -0.05) is 6.92 Å². The van der Waals surface area contributed by atoms with E-state index in [2.05, 4.69) is 22.1 Å². The highest BCUT2D eigenvalue weighted by atomic mass is 16.4. The van der Waals surface area contributed by atoms with Gasteiger partial charge in [0, 0.05) is 29.6 Å². The van der Waals surface area contributed by atoms with Gasteiger partial charge in [-0.2, -0.15) is 5.10 Å². The van der Waals surface area contributed by atoms with Gasteiger partial charge in [-0.3, -0.25) is 4.68 Å². The summed E-state index contributed by atoms with van der Waals surface area (Å²) in [5.74, 6) is -1.33. The summed E-state index contributed by atoms with van der Waals surface area (Å²) in [4.78, 5) is 14.9. The van der Waals surface area contributed by atoms with Gasteiger partial charge in [0.05, 0.1) is 5.69 Å². The molecule has 22 heavy (non-hydrogen) atoms. The van der Waals surface area contributed by atoms with Gasteiger partial charge in [0.1, 0.15) is 0 Å². The maximum absolute atomic E-state index is 11.0. The number of nitrogens with zero attached hydrogens (tertiary/aromatic N) is 5. The fourth-order valence-corrected chi connectivity index (χ4v) is 2.67. The molecule has 0 aromatic carbocycles. The minimum absolute atomic E-state index is 0.202. The van der Waals surface area contributed by atoms with Crippen LogP contribution in [0, 0.1) is 13.8 Å². The fraction of sp³-hybridized carbons (Fsp3) is 0.333. The van der Waals surface area contributed by atoms with Gasteiger partial charge in [0.15, 0.2) is 5.65 Å². The lowest BCUT2D eigenvalue weighted by Crippen LogP contribution is -2.01. The zero-order valence-corrected chi connectivity index (χ0v) is 12.7. The Morgan fingerprint density at radius 2 is 2.05 bits per heavy atom. The lowest BCUT2D eigenvalue weighted by atomic mass is 10.1. The number of aromatic nitrogens is 5. The molecule has 3 heterocycles. The van der Waals surface area contributed by atoms with Gasteiger partial charge in [-0.15, -0.1) is 5.10 Å².